The van der Waals surface area contributed by atoms with Crippen molar-refractivity contribution in [2.24, 2.45) is 17.8 Å². The highest BCUT2D eigenvalue weighted by Crippen LogP contribution is 2.51. The van der Waals surface area contributed by atoms with Crippen LogP contribution in [0, 0.1) is 17.8 Å². The fourth-order valence-corrected chi connectivity index (χ4v) is 6.79. The lowest BCUT2D eigenvalue weighted by Gasteiger charge is -2.56. The van der Waals surface area contributed by atoms with Crippen molar-refractivity contribution < 1.29 is 14.6 Å². The number of hydrogen-bond donors (Lipinski definition) is 1. The highest BCUT2D eigenvalue weighted by molar-refractivity contribution is 5.94. The summed E-state index contributed by atoms with van der Waals surface area (Å²) in [6.07, 6.45) is 4.76. The smallest absolute Gasteiger partial charge is 0.254 e. The third-order valence-electron chi connectivity index (χ3n) is 8.76. The average molecular weight is 491 g/mol. The Morgan fingerprint density at radius 3 is 2.64 bits per heavy atom. The van der Waals surface area contributed by atoms with Gasteiger partial charge < -0.3 is 19.6 Å². The maximum atomic E-state index is 13.8. The monoisotopic (exact) mass is 490 g/mol. The maximum absolute atomic E-state index is 13.8. The van der Waals surface area contributed by atoms with Crippen LogP contribution in [0.4, 0.5) is 0 Å². The van der Waals surface area contributed by atoms with E-state index in [1.54, 1.807) is 7.11 Å². The second-order valence-electron chi connectivity index (χ2n) is 11.8. The number of carbonyl (C=O) groups is 1. The van der Waals surface area contributed by atoms with Crippen molar-refractivity contribution in [3.05, 3.63) is 65.7 Å². The van der Waals surface area contributed by atoms with Crippen LogP contribution < -0.4 is 4.74 Å². The van der Waals surface area contributed by atoms with Gasteiger partial charge in [0.2, 0.25) is 0 Å². The Balaban J connectivity index is 1.50. The molecule has 3 fully saturated rings. The SMILES string of the molecule is COc1cccc(C23CCN(CC4CC4)CC2C(O)C[C@@H](N(CC(C)C)C(=O)c2ccccc2)C3)c1. The predicted octanol–water partition coefficient (Wildman–Crippen LogP) is 4.99. The average Bonchev–Trinajstić information content (AvgIpc) is 3.71. The number of aliphatic hydroxyl groups excluding tert-OH is 1. The van der Waals surface area contributed by atoms with Gasteiger partial charge in [-0.15, -0.1) is 0 Å². The fourth-order valence-electron chi connectivity index (χ4n) is 6.79. The van der Waals surface area contributed by atoms with Crippen LogP contribution in [0.3, 0.4) is 0 Å². The Hall–Kier alpha value is -2.37. The van der Waals surface area contributed by atoms with Crippen LogP contribution in [0.1, 0.15) is 61.9 Å². The molecule has 3 aliphatic rings. The zero-order valence-electron chi connectivity index (χ0n) is 22.1. The molecule has 1 N–H and O–H groups in total. The lowest BCUT2D eigenvalue weighted by atomic mass is 9.56. The number of rotatable bonds is 8. The molecule has 5 rings (SSSR count). The second-order valence-corrected chi connectivity index (χ2v) is 11.8. The van der Waals surface area contributed by atoms with Crippen molar-refractivity contribution in [3.63, 3.8) is 0 Å². The molecule has 1 aliphatic heterocycles. The maximum Gasteiger partial charge on any atom is 0.254 e. The van der Waals surface area contributed by atoms with Crippen LogP contribution >= 0.6 is 0 Å². The zero-order valence-corrected chi connectivity index (χ0v) is 22.1. The van der Waals surface area contributed by atoms with Crippen molar-refractivity contribution >= 4 is 5.91 Å². The molecule has 2 aliphatic carbocycles. The molecule has 0 bridgehead atoms. The van der Waals surface area contributed by atoms with Crippen LogP contribution in [0.2, 0.25) is 0 Å². The molecule has 4 atom stereocenters. The third-order valence-corrected chi connectivity index (χ3v) is 8.76. The highest BCUT2D eigenvalue weighted by Gasteiger charge is 2.53. The van der Waals surface area contributed by atoms with Crippen LogP contribution in [0.15, 0.2) is 54.6 Å². The molecule has 1 amide bonds. The molecule has 5 heteroatoms. The van der Waals surface area contributed by atoms with Gasteiger partial charge in [-0.3, -0.25) is 4.79 Å². The highest BCUT2D eigenvalue weighted by atomic mass is 16.5. The van der Waals surface area contributed by atoms with E-state index < -0.39 is 6.10 Å². The predicted molar refractivity (Wildman–Crippen MR) is 143 cm³/mol. The van der Waals surface area contributed by atoms with Gasteiger partial charge in [-0.05, 0) is 80.3 Å². The van der Waals surface area contributed by atoms with Crippen LogP contribution in [-0.2, 0) is 5.41 Å². The molecule has 194 valence electrons. The van der Waals surface area contributed by atoms with E-state index in [1.165, 1.54) is 18.4 Å². The quantitative estimate of drug-likeness (QED) is 0.567. The minimum Gasteiger partial charge on any atom is -0.497 e. The molecule has 5 nitrogen and oxygen atoms in total. The largest absolute Gasteiger partial charge is 0.497 e. The van der Waals surface area contributed by atoms with Crippen molar-refractivity contribution in [1.82, 2.24) is 9.80 Å². The molecule has 2 saturated carbocycles. The summed E-state index contributed by atoms with van der Waals surface area (Å²) in [5.74, 6) is 2.28. The standard InChI is InChI=1S/C31H42N2O3/c1-22(2)19-33(30(35)24-8-5-4-6-9-24)26-17-29(34)28-21-32(20-23-12-13-23)15-14-31(28,18-26)25-10-7-11-27(16-25)36-3/h4-11,16,22-23,26,28-29,34H,12-15,17-21H2,1-3H3/t26-,28?,29?,31?/m1/s1. The number of benzene rings is 2. The van der Waals surface area contributed by atoms with Crippen molar-refractivity contribution in [2.75, 3.05) is 33.3 Å². The van der Waals surface area contributed by atoms with Gasteiger partial charge >= 0.3 is 0 Å². The Labute approximate surface area is 216 Å². The lowest BCUT2D eigenvalue weighted by Crippen LogP contribution is -2.61. The molecule has 1 saturated heterocycles. The van der Waals surface area contributed by atoms with E-state index in [9.17, 15) is 9.90 Å². The zero-order chi connectivity index (χ0) is 25.3. The molecular formula is C31H42N2O3. The molecule has 1 heterocycles. The van der Waals surface area contributed by atoms with E-state index in [0.29, 0.717) is 18.9 Å². The number of nitrogens with zero attached hydrogens (tertiary/aromatic N) is 2. The first kappa shape index (κ1) is 25.3. The van der Waals surface area contributed by atoms with E-state index in [1.807, 2.05) is 36.4 Å². The number of likely N-dealkylation sites (tertiary alicyclic amines) is 1. The Morgan fingerprint density at radius 1 is 1.17 bits per heavy atom. The number of amides is 1. The normalized spacial score (nSPS) is 28.5. The Bertz CT molecular complexity index is 1040. The van der Waals surface area contributed by atoms with E-state index in [4.69, 9.17) is 4.74 Å². The first-order chi connectivity index (χ1) is 17.4. The summed E-state index contributed by atoms with van der Waals surface area (Å²) in [4.78, 5) is 18.4. The van der Waals surface area contributed by atoms with Crippen molar-refractivity contribution in [1.29, 1.82) is 0 Å². The lowest BCUT2D eigenvalue weighted by molar-refractivity contribution is -0.0655. The first-order valence-corrected chi connectivity index (χ1v) is 13.8. The van der Waals surface area contributed by atoms with E-state index in [-0.39, 0.29) is 23.3 Å². The van der Waals surface area contributed by atoms with Gasteiger partial charge in [-0.2, -0.15) is 0 Å². The number of aliphatic hydroxyl groups is 1. The van der Waals surface area contributed by atoms with Crippen LogP contribution in [0.25, 0.3) is 0 Å². The first-order valence-electron chi connectivity index (χ1n) is 13.8. The molecule has 3 unspecified atom stereocenters. The number of hydrogen-bond acceptors (Lipinski definition) is 4. The van der Waals surface area contributed by atoms with Gasteiger partial charge in [0.15, 0.2) is 0 Å². The minimum atomic E-state index is -0.449. The fraction of sp³-hybridized carbons (Fsp3) is 0.581. The summed E-state index contributed by atoms with van der Waals surface area (Å²) in [5, 5.41) is 11.7. The molecule has 2 aromatic carbocycles. The number of piperidine rings is 1. The molecule has 0 aromatic heterocycles. The number of ether oxygens (including phenoxy) is 1. The Morgan fingerprint density at radius 2 is 1.94 bits per heavy atom. The van der Waals surface area contributed by atoms with Crippen LogP contribution in [-0.4, -0.2) is 66.2 Å². The summed E-state index contributed by atoms with van der Waals surface area (Å²) >= 11 is 0. The topological polar surface area (TPSA) is 53.0 Å². The van der Waals surface area contributed by atoms with Crippen LogP contribution in [0.5, 0.6) is 5.75 Å². The molecule has 0 spiro atoms. The van der Waals surface area contributed by atoms with Gasteiger partial charge in [0.25, 0.3) is 5.91 Å². The number of methoxy groups -OCH3 is 1. The molecule has 0 radical (unpaired) electrons. The van der Waals surface area contributed by atoms with Crippen molar-refractivity contribution in [3.8, 4) is 5.75 Å². The summed E-state index contributed by atoms with van der Waals surface area (Å²) in [5.41, 5.74) is 1.80. The summed E-state index contributed by atoms with van der Waals surface area (Å²) in [6.45, 7) is 8.16. The summed E-state index contributed by atoms with van der Waals surface area (Å²) in [6, 6.07) is 18.1. The molecular weight excluding hydrogens is 448 g/mol. The van der Waals surface area contributed by atoms with Gasteiger partial charge in [-0.25, -0.2) is 0 Å². The molecule has 2 aromatic rings. The second kappa shape index (κ2) is 10.5. The van der Waals surface area contributed by atoms with E-state index >= 15 is 0 Å². The van der Waals surface area contributed by atoms with Crippen molar-refractivity contribution in [2.45, 2.75) is 63.5 Å². The number of carbonyl (C=O) groups excluding carboxylic acids is 1. The van der Waals surface area contributed by atoms with Gasteiger partial charge in [0.05, 0.1) is 13.2 Å². The number of fused-ring (bicyclic) bond motifs is 1. The van der Waals surface area contributed by atoms with E-state index in [0.717, 1.165) is 49.7 Å². The van der Waals surface area contributed by atoms with Gasteiger partial charge in [0.1, 0.15) is 5.75 Å². The molecule has 36 heavy (non-hydrogen) atoms. The summed E-state index contributed by atoms with van der Waals surface area (Å²) < 4.78 is 5.62. The minimum absolute atomic E-state index is 0.00691. The van der Waals surface area contributed by atoms with Gasteiger partial charge in [0, 0.05) is 42.6 Å². The van der Waals surface area contributed by atoms with Gasteiger partial charge in [-0.1, -0.05) is 44.2 Å². The third kappa shape index (κ3) is 5.19. The summed E-state index contributed by atoms with van der Waals surface area (Å²) in [7, 11) is 1.72. The Kier molecular flexibility index (Phi) is 7.41. The van der Waals surface area contributed by atoms with E-state index in [2.05, 4.69) is 41.8 Å².